The number of nitrogens with zero attached hydrogens (tertiary/aromatic N) is 1. The van der Waals surface area contributed by atoms with E-state index >= 15 is 0 Å². The molecule has 3 rings (SSSR count). The van der Waals surface area contributed by atoms with Crippen LogP contribution in [0.2, 0.25) is 10.0 Å². The number of hydrogen-bond acceptors (Lipinski definition) is 5. The van der Waals surface area contributed by atoms with E-state index in [1.807, 2.05) is 12.1 Å². The normalized spacial score (nSPS) is 11.8. The van der Waals surface area contributed by atoms with Gasteiger partial charge in [-0.2, -0.15) is 0 Å². The van der Waals surface area contributed by atoms with Crippen LogP contribution in [0, 0.1) is 5.41 Å². The van der Waals surface area contributed by atoms with E-state index in [1.54, 1.807) is 17.8 Å². The highest BCUT2D eigenvalue weighted by molar-refractivity contribution is 7.99. The summed E-state index contributed by atoms with van der Waals surface area (Å²) in [4.78, 5) is 11.8. The molecule has 0 bridgehead atoms. The lowest BCUT2D eigenvalue weighted by atomic mass is 9.89. The first kappa shape index (κ1) is 26.7. The van der Waals surface area contributed by atoms with Crippen molar-refractivity contribution in [2.24, 2.45) is 5.41 Å². The molecule has 0 radical (unpaired) electrons. The molecule has 0 spiro atoms. The first-order chi connectivity index (χ1) is 16.1. The van der Waals surface area contributed by atoms with E-state index in [2.05, 4.69) is 38.9 Å². The second-order valence-electron chi connectivity index (χ2n) is 9.51. The number of thioether (sulfide) groups is 1. The number of hydrogen-bond donors (Lipinski definition) is 1. The number of aliphatic carboxylic acids is 1. The monoisotopic (exact) mass is 523 g/mol. The Labute approximate surface area is 215 Å². The molecular formula is C26H31Cl2NO4S. The minimum Gasteiger partial charge on any atom is -0.493 e. The Morgan fingerprint density at radius 2 is 1.94 bits per heavy atom. The van der Waals surface area contributed by atoms with Crippen LogP contribution < -0.4 is 4.74 Å². The molecule has 3 aromatic rings. The number of aryl methyl sites for hydroxylation is 1. The molecule has 0 aliphatic rings. The van der Waals surface area contributed by atoms with Gasteiger partial charge in [0.15, 0.2) is 5.58 Å². The third-order valence-corrected chi connectivity index (χ3v) is 7.42. The first-order valence-electron chi connectivity index (χ1n) is 11.4. The standard InChI is InChI=1S/C26H31Cl2NO4S/c1-5-7-18-20(10-9-17-19(15-26(2,3)4)29-33-25(17)18)32-12-6-13-34-21-11-8-16(14-22(30)31)23(27)24(21)28/h8-11H,5-7,12-15H2,1-4H3,(H,30,31). The van der Waals surface area contributed by atoms with Crippen molar-refractivity contribution in [3.63, 3.8) is 0 Å². The first-order valence-corrected chi connectivity index (χ1v) is 13.2. The number of fused-ring (bicyclic) bond motifs is 1. The maximum Gasteiger partial charge on any atom is 0.307 e. The number of benzene rings is 2. The fourth-order valence-corrected chi connectivity index (χ4v) is 5.26. The molecular weight excluding hydrogens is 493 g/mol. The van der Waals surface area contributed by atoms with Crippen molar-refractivity contribution in [3.8, 4) is 5.75 Å². The average Bonchev–Trinajstić information content (AvgIpc) is 3.15. The lowest BCUT2D eigenvalue weighted by molar-refractivity contribution is -0.136. The summed E-state index contributed by atoms with van der Waals surface area (Å²) >= 11 is 14.2. The molecule has 0 saturated heterocycles. The third kappa shape index (κ3) is 6.83. The Kier molecular flexibility index (Phi) is 9.19. The molecule has 34 heavy (non-hydrogen) atoms. The summed E-state index contributed by atoms with van der Waals surface area (Å²) in [5.41, 5.74) is 3.54. The summed E-state index contributed by atoms with van der Waals surface area (Å²) in [6, 6.07) is 7.63. The average molecular weight is 525 g/mol. The van der Waals surface area contributed by atoms with Gasteiger partial charge < -0.3 is 14.4 Å². The zero-order chi connectivity index (χ0) is 24.9. The third-order valence-electron chi connectivity index (χ3n) is 5.25. The van der Waals surface area contributed by atoms with Gasteiger partial charge in [-0.05, 0) is 48.4 Å². The molecule has 0 aliphatic heterocycles. The van der Waals surface area contributed by atoms with Crippen molar-refractivity contribution < 1.29 is 19.2 Å². The van der Waals surface area contributed by atoms with Gasteiger partial charge in [-0.3, -0.25) is 4.79 Å². The number of carboxylic acid groups (broad SMARTS) is 1. The van der Waals surface area contributed by atoms with Gasteiger partial charge in [0.2, 0.25) is 0 Å². The molecule has 184 valence electrons. The highest BCUT2D eigenvalue weighted by Crippen LogP contribution is 2.37. The van der Waals surface area contributed by atoms with Crippen LogP contribution in [0.3, 0.4) is 0 Å². The SMILES string of the molecule is CCCc1c(OCCCSc2ccc(CC(=O)O)c(Cl)c2Cl)ccc2c(CC(C)(C)C)noc12. The van der Waals surface area contributed by atoms with Crippen LogP contribution in [0.15, 0.2) is 33.7 Å². The van der Waals surface area contributed by atoms with Gasteiger partial charge in [0.05, 0.1) is 28.8 Å². The Morgan fingerprint density at radius 3 is 2.62 bits per heavy atom. The van der Waals surface area contributed by atoms with E-state index in [0.29, 0.717) is 22.2 Å². The lowest BCUT2D eigenvalue weighted by Gasteiger charge is -2.16. The fraction of sp³-hybridized carbons (Fsp3) is 0.462. The van der Waals surface area contributed by atoms with Crippen molar-refractivity contribution in [1.29, 1.82) is 0 Å². The molecule has 2 aromatic carbocycles. The number of rotatable bonds is 11. The van der Waals surface area contributed by atoms with Crippen molar-refractivity contribution >= 4 is 51.9 Å². The summed E-state index contributed by atoms with van der Waals surface area (Å²) in [5.74, 6) is 0.696. The molecule has 0 atom stereocenters. The molecule has 0 aliphatic carbocycles. The predicted molar refractivity (Wildman–Crippen MR) is 140 cm³/mol. The molecule has 1 N–H and O–H groups in total. The Morgan fingerprint density at radius 1 is 1.18 bits per heavy atom. The van der Waals surface area contributed by atoms with Crippen LogP contribution in [0.1, 0.15) is 57.4 Å². The molecule has 8 heteroatoms. The van der Waals surface area contributed by atoms with Crippen LogP contribution in [0.4, 0.5) is 0 Å². The summed E-state index contributed by atoms with van der Waals surface area (Å²) < 4.78 is 11.9. The van der Waals surface area contributed by atoms with Gasteiger partial charge in [0, 0.05) is 21.6 Å². The molecule has 1 heterocycles. The molecule has 0 amide bonds. The molecule has 5 nitrogen and oxygen atoms in total. The van der Waals surface area contributed by atoms with Gasteiger partial charge >= 0.3 is 5.97 Å². The summed E-state index contributed by atoms with van der Waals surface area (Å²) in [5, 5.41) is 15.1. The number of aromatic nitrogens is 1. The van der Waals surface area contributed by atoms with Gasteiger partial charge in [-0.25, -0.2) is 0 Å². The predicted octanol–water partition coefficient (Wildman–Crippen LogP) is 7.86. The fourth-order valence-electron chi connectivity index (χ4n) is 3.75. The molecule has 0 unspecified atom stereocenters. The summed E-state index contributed by atoms with van der Waals surface area (Å²) in [6.07, 6.45) is 3.36. The Bertz CT molecular complexity index is 1150. The zero-order valence-electron chi connectivity index (χ0n) is 20.0. The van der Waals surface area contributed by atoms with E-state index in [-0.39, 0.29) is 11.8 Å². The maximum absolute atomic E-state index is 10.9. The smallest absolute Gasteiger partial charge is 0.307 e. The van der Waals surface area contributed by atoms with Gasteiger partial charge in [-0.1, -0.05) is 68.5 Å². The van der Waals surface area contributed by atoms with Crippen molar-refractivity contribution in [3.05, 3.63) is 51.1 Å². The van der Waals surface area contributed by atoms with E-state index in [0.717, 1.165) is 64.3 Å². The number of ether oxygens (including phenoxy) is 1. The highest BCUT2D eigenvalue weighted by atomic mass is 35.5. The highest BCUT2D eigenvalue weighted by Gasteiger charge is 2.20. The van der Waals surface area contributed by atoms with Crippen LogP contribution in [-0.4, -0.2) is 28.6 Å². The van der Waals surface area contributed by atoms with E-state index in [4.69, 9.17) is 37.6 Å². The quantitative estimate of drug-likeness (QED) is 0.203. The lowest BCUT2D eigenvalue weighted by Crippen LogP contribution is -2.09. The number of carboxylic acids is 1. The van der Waals surface area contributed by atoms with Crippen LogP contribution >= 0.6 is 35.0 Å². The molecule has 0 fully saturated rings. The molecule has 1 aromatic heterocycles. The summed E-state index contributed by atoms with van der Waals surface area (Å²) in [6.45, 7) is 9.29. The topological polar surface area (TPSA) is 72.6 Å². The largest absolute Gasteiger partial charge is 0.493 e. The van der Waals surface area contributed by atoms with E-state index in [9.17, 15) is 4.79 Å². The van der Waals surface area contributed by atoms with Crippen LogP contribution in [0.5, 0.6) is 5.75 Å². The van der Waals surface area contributed by atoms with Gasteiger partial charge in [0.25, 0.3) is 0 Å². The minimum atomic E-state index is -0.938. The summed E-state index contributed by atoms with van der Waals surface area (Å²) in [7, 11) is 0. The second kappa shape index (κ2) is 11.7. The Hall–Kier alpha value is -1.89. The van der Waals surface area contributed by atoms with E-state index < -0.39 is 5.97 Å². The second-order valence-corrected chi connectivity index (χ2v) is 11.4. The van der Waals surface area contributed by atoms with Crippen molar-refractivity contribution in [2.75, 3.05) is 12.4 Å². The van der Waals surface area contributed by atoms with Crippen LogP contribution in [0.25, 0.3) is 11.0 Å². The number of carbonyl (C=O) groups is 1. The number of halogens is 2. The van der Waals surface area contributed by atoms with Gasteiger partial charge in [0.1, 0.15) is 5.75 Å². The van der Waals surface area contributed by atoms with Crippen LogP contribution in [-0.2, 0) is 24.1 Å². The molecule has 0 saturated carbocycles. The van der Waals surface area contributed by atoms with Gasteiger partial charge in [-0.15, -0.1) is 11.8 Å². The van der Waals surface area contributed by atoms with Crippen molar-refractivity contribution in [1.82, 2.24) is 5.16 Å². The minimum absolute atomic E-state index is 0.130. The Balaban J connectivity index is 1.62. The van der Waals surface area contributed by atoms with Crippen molar-refractivity contribution in [2.45, 2.75) is 64.7 Å². The maximum atomic E-state index is 10.9. The van der Waals surface area contributed by atoms with E-state index in [1.165, 1.54) is 0 Å². The zero-order valence-corrected chi connectivity index (χ0v) is 22.4.